The van der Waals surface area contributed by atoms with E-state index in [9.17, 15) is 14.3 Å². The Hall–Kier alpha value is -1.18. The van der Waals surface area contributed by atoms with E-state index >= 15 is 0 Å². The third-order valence-electron chi connectivity index (χ3n) is 1.60. The Morgan fingerprint density at radius 2 is 2.31 bits per heavy atom. The molecule has 0 amide bonds. The summed E-state index contributed by atoms with van der Waals surface area (Å²) in [7, 11) is 0. The van der Waals surface area contributed by atoms with E-state index in [1.54, 1.807) is 0 Å². The number of hydrogen-bond acceptors (Lipinski definition) is 3. The number of hydrogen-bond donors (Lipinski definition) is 1. The topological polar surface area (TPSA) is 37.3 Å². The van der Waals surface area contributed by atoms with Crippen LogP contribution in [0.1, 0.15) is 12.5 Å². The standard InChI is InChI=1S/C11H8ClFO2S/c1-7(14)16-4-2-3-8-5-9(12)6-10(13)11(8)15/h5-6,15H,4H2,1H3. The number of phenolic OH excluding ortho intramolecular Hbond substituents is 1. The monoisotopic (exact) mass is 258 g/mol. The lowest BCUT2D eigenvalue weighted by Crippen LogP contribution is -1.85. The first-order chi connectivity index (χ1) is 7.50. The largest absolute Gasteiger partial charge is 0.504 e. The van der Waals surface area contributed by atoms with Gasteiger partial charge in [0.25, 0.3) is 0 Å². The Morgan fingerprint density at radius 3 is 2.94 bits per heavy atom. The van der Waals surface area contributed by atoms with Crippen LogP contribution in [0.2, 0.25) is 5.02 Å². The zero-order valence-electron chi connectivity index (χ0n) is 8.38. The van der Waals surface area contributed by atoms with Crippen molar-refractivity contribution in [1.82, 2.24) is 0 Å². The summed E-state index contributed by atoms with van der Waals surface area (Å²) >= 11 is 6.65. The lowest BCUT2D eigenvalue weighted by Gasteiger charge is -1.99. The highest BCUT2D eigenvalue weighted by molar-refractivity contribution is 8.13. The minimum Gasteiger partial charge on any atom is -0.504 e. The highest BCUT2D eigenvalue weighted by Gasteiger charge is 2.06. The van der Waals surface area contributed by atoms with Gasteiger partial charge in [0.2, 0.25) is 0 Å². The molecule has 0 aliphatic carbocycles. The van der Waals surface area contributed by atoms with E-state index in [1.807, 2.05) is 0 Å². The van der Waals surface area contributed by atoms with Gasteiger partial charge in [-0.3, -0.25) is 4.79 Å². The van der Waals surface area contributed by atoms with Gasteiger partial charge in [0.05, 0.1) is 11.3 Å². The van der Waals surface area contributed by atoms with E-state index in [0.29, 0.717) is 5.75 Å². The van der Waals surface area contributed by atoms with Crippen molar-refractivity contribution in [2.45, 2.75) is 6.92 Å². The first-order valence-corrected chi connectivity index (χ1v) is 5.67. The van der Waals surface area contributed by atoms with Crippen molar-refractivity contribution in [3.8, 4) is 17.6 Å². The number of carbonyl (C=O) groups is 1. The van der Waals surface area contributed by atoms with Gasteiger partial charge in [-0.25, -0.2) is 4.39 Å². The number of carbonyl (C=O) groups excluding carboxylic acids is 1. The van der Waals surface area contributed by atoms with Gasteiger partial charge in [-0.1, -0.05) is 35.2 Å². The first kappa shape index (κ1) is 12.9. The normalized spacial score (nSPS) is 9.44. The van der Waals surface area contributed by atoms with Gasteiger partial charge in [-0.05, 0) is 12.1 Å². The molecule has 0 radical (unpaired) electrons. The molecule has 0 bridgehead atoms. The van der Waals surface area contributed by atoms with Crippen molar-refractivity contribution in [1.29, 1.82) is 0 Å². The van der Waals surface area contributed by atoms with Crippen LogP contribution in [0, 0.1) is 17.7 Å². The van der Waals surface area contributed by atoms with E-state index < -0.39 is 11.6 Å². The second-order valence-corrected chi connectivity index (χ2v) is 4.45. The summed E-state index contributed by atoms with van der Waals surface area (Å²) in [5.74, 6) is 4.15. The van der Waals surface area contributed by atoms with Gasteiger partial charge < -0.3 is 5.11 Å². The molecule has 1 rings (SSSR count). The van der Waals surface area contributed by atoms with Gasteiger partial charge in [0, 0.05) is 11.9 Å². The van der Waals surface area contributed by atoms with Crippen molar-refractivity contribution in [3.05, 3.63) is 28.5 Å². The van der Waals surface area contributed by atoms with E-state index in [-0.39, 0.29) is 15.7 Å². The molecule has 0 aromatic heterocycles. The zero-order valence-corrected chi connectivity index (χ0v) is 9.95. The molecule has 0 atom stereocenters. The Labute approximate surface area is 102 Å². The maximum Gasteiger partial charge on any atom is 0.186 e. The summed E-state index contributed by atoms with van der Waals surface area (Å²) in [6.07, 6.45) is 0. The quantitative estimate of drug-likeness (QED) is 0.787. The van der Waals surface area contributed by atoms with Crippen LogP contribution in [-0.2, 0) is 4.79 Å². The smallest absolute Gasteiger partial charge is 0.186 e. The molecule has 16 heavy (non-hydrogen) atoms. The lowest BCUT2D eigenvalue weighted by molar-refractivity contribution is -0.109. The number of aromatic hydroxyl groups is 1. The molecule has 0 saturated heterocycles. The van der Waals surface area contributed by atoms with Gasteiger partial charge >= 0.3 is 0 Å². The Kier molecular flexibility index (Phi) is 4.66. The second kappa shape index (κ2) is 5.78. The fraction of sp³-hybridized carbons (Fsp3) is 0.182. The highest BCUT2D eigenvalue weighted by atomic mass is 35.5. The number of benzene rings is 1. The average molecular weight is 259 g/mol. The molecule has 0 aliphatic heterocycles. The van der Waals surface area contributed by atoms with Gasteiger partial charge in [-0.15, -0.1) is 0 Å². The van der Waals surface area contributed by atoms with E-state index in [2.05, 4.69) is 11.8 Å². The summed E-state index contributed by atoms with van der Waals surface area (Å²) in [6.45, 7) is 1.43. The molecule has 0 heterocycles. The molecule has 1 aromatic carbocycles. The van der Waals surface area contributed by atoms with E-state index in [0.717, 1.165) is 17.8 Å². The van der Waals surface area contributed by atoms with Gasteiger partial charge in [-0.2, -0.15) is 0 Å². The van der Waals surface area contributed by atoms with Crippen LogP contribution in [0.5, 0.6) is 5.75 Å². The highest BCUT2D eigenvalue weighted by Crippen LogP contribution is 2.24. The van der Waals surface area contributed by atoms with Crippen LogP contribution in [0.4, 0.5) is 4.39 Å². The van der Waals surface area contributed by atoms with Crippen LogP contribution in [0.15, 0.2) is 12.1 Å². The van der Waals surface area contributed by atoms with Gasteiger partial charge in [0.15, 0.2) is 16.7 Å². The van der Waals surface area contributed by atoms with Crippen molar-refractivity contribution in [2.75, 3.05) is 5.75 Å². The molecule has 84 valence electrons. The maximum absolute atomic E-state index is 13.0. The van der Waals surface area contributed by atoms with Crippen molar-refractivity contribution < 1.29 is 14.3 Å². The van der Waals surface area contributed by atoms with Crippen molar-refractivity contribution in [2.24, 2.45) is 0 Å². The molecular weight excluding hydrogens is 251 g/mol. The summed E-state index contributed by atoms with van der Waals surface area (Å²) < 4.78 is 13.0. The van der Waals surface area contributed by atoms with Crippen LogP contribution < -0.4 is 0 Å². The predicted octanol–water partition coefficient (Wildman–Crippen LogP) is 2.82. The lowest BCUT2D eigenvalue weighted by atomic mass is 10.2. The van der Waals surface area contributed by atoms with Crippen LogP contribution in [-0.4, -0.2) is 16.0 Å². The second-order valence-electron chi connectivity index (χ2n) is 2.87. The number of thioether (sulfide) groups is 1. The Balaban J connectivity index is 2.84. The molecule has 0 unspecified atom stereocenters. The third-order valence-corrected chi connectivity index (χ3v) is 2.51. The van der Waals surface area contributed by atoms with Crippen molar-refractivity contribution in [3.63, 3.8) is 0 Å². The zero-order chi connectivity index (χ0) is 12.1. The van der Waals surface area contributed by atoms with Crippen LogP contribution in [0.25, 0.3) is 0 Å². The van der Waals surface area contributed by atoms with E-state index in [4.69, 9.17) is 11.6 Å². The molecule has 1 aromatic rings. The third kappa shape index (κ3) is 3.76. The van der Waals surface area contributed by atoms with E-state index in [1.165, 1.54) is 13.0 Å². The fourth-order valence-electron chi connectivity index (χ4n) is 0.930. The summed E-state index contributed by atoms with van der Waals surface area (Å²) in [4.78, 5) is 10.6. The van der Waals surface area contributed by atoms with Crippen molar-refractivity contribution >= 4 is 28.5 Å². The number of rotatable bonds is 1. The molecule has 0 aliphatic rings. The fourth-order valence-corrected chi connectivity index (χ4v) is 1.48. The summed E-state index contributed by atoms with van der Waals surface area (Å²) in [6, 6.07) is 2.37. The molecule has 5 heteroatoms. The number of halogens is 2. The predicted molar refractivity (Wildman–Crippen MR) is 63.1 cm³/mol. The molecule has 2 nitrogen and oxygen atoms in total. The van der Waals surface area contributed by atoms with Crippen LogP contribution >= 0.6 is 23.4 Å². The molecule has 1 N–H and O–H groups in total. The average Bonchev–Trinajstić information content (AvgIpc) is 2.19. The minimum atomic E-state index is -0.809. The molecule has 0 saturated carbocycles. The Morgan fingerprint density at radius 1 is 1.62 bits per heavy atom. The molecule has 0 fully saturated rings. The SMILES string of the molecule is CC(=O)SCC#Cc1cc(Cl)cc(F)c1O. The molecular formula is C11H8ClFO2S. The van der Waals surface area contributed by atoms with Crippen LogP contribution in [0.3, 0.4) is 0 Å². The summed E-state index contributed by atoms with van der Waals surface area (Å²) in [5, 5.41) is 9.44. The summed E-state index contributed by atoms with van der Waals surface area (Å²) in [5.41, 5.74) is 0.120. The Bertz CT molecular complexity index is 477. The van der Waals surface area contributed by atoms with Gasteiger partial charge in [0.1, 0.15) is 0 Å². The number of phenols is 1. The first-order valence-electron chi connectivity index (χ1n) is 4.31. The molecule has 0 spiro atoms. The minimum absolute atomic E-state index is 0.0456. The maximum atomic E-state index is 13.0.